The maximum absolute atomic E-state index is 12.7. The summed E-state index contributed by atoms with van der Waals surface area (Å²) in [5.41, 5.74) is 5.68. The van der Waals surface area contributed by atoms with E-state index in [9.17, 15) is 19.5 Å². The van der Waals surface area contributed by atoms with Crippen molar-refractivity contribution in [3.05, 3.63) is 26.6 Å². The highest BCUT2D eigenvalue weighted by atomic mass is 79.9. The number of nitrogens with zero attached hydrogens (tertiary/aromatic N) is 4. The minimum Gasteiger partial charge on any atom is -0.477 e. The third-order valence-electron chi connectivity index (χ3n) is 3.92. The fourth-order valence-electron chi connectivity index (χ4n) is 2.74. The van der Waals surface area contributed by atoms with Crippen LogP contribution in [0.2, 0.25) is 0 Å². The highest BCUT2D eigenvalue weighted by molar-refractivity contribution is 9.28. The minimum absolute atomic E-state index is 0.0240. The molecule has 160 valence electrons. The van der Waals surface area contributed by atoms with Gasteiger partial charge in [0, 0.05) is 17.3 Å². The molecule has 2 amide bonds. The second-order valence-corrected chi connectivity index (χ2v) is 10.4. The van der Waals surface area contributed by atoms with Crippen LogP contribution in [0.3, 0.4) is 0 Å². The molecule has 0 saturated carbocycles. The van der Waals surface area contributed by atoms with Gasteiger partial charge in [-0.3, -0.25) is 14.5 Å². The van der Waals surface area contributed by atoms with E-state index in [1.807, 2.05) is 0 Å². The Morgan fingerprint density at radius 3 is 2.80 bits per heavy atom. The first-order chi connectivity index (χ1) is 14.2. The number of hydrogen-bond donors (Lipinski definition) is 3. The molecule has 2 aliphatic heterocycles. The Balaban J connectivity index is 1.82. The number of nitrogen functional groups attached to an aromatic ring is 1. The van der Waals surface area contributed by atoms with Crippen molar-refractivity contribution < 1.29 is 24.3 Å². The Morgan fingerprint density at radius 2 is 2.23 bits per heavy atom. The van der Waals surface area contributed by atoms with Gasteiger partial charge < -0.3 is 21.0 Å². The summed E-state index contributed by atoms with van der Waals surface area (Å²) >= 11 is 8.61. The fraction of sp³-hybridized carbons (Fsp3) is 0.333. The number of oxime groups is 1. The summed E-state index contributed by atoms with van der Waals surface area (Å²) in [7, 11) is 0. The van der Waals surface area contributed by atoms with E-state index >= 15 is 0 Å². The van der Waals surface area contributed by atoms with Crippen molar-refractivity contribution in [1.29, 1.82) is 0 Å². The zero-order chi connectivity index (χ0) is 22.0. The maximum Gasteiger partial charge on any atom is 0.352 e. The van der Waals surface area contributed by atoms with E-state index in [0.717, 1.165) is 16.4 Å². The topological polar surface area (TPSA) is 160 Å². The lowest BCUT2D eigenvalue weighted by Crippen LogP contribution is -2.71. The predicted octanol–water partition coefficient (Wildman–Crippen LogP) is 1.23. The molecule has 0 aliphatic carbocycles. The number of nitrogens with one attached hydrogen (secondary N) is 1. The number of halogens is 2. The number of anilines is 1. The zero-order valence-corrected chi connectivity index (χ0v) is 20.0. The van der Waals surface area contributed by atoms with Crippen LogP contribution in [0.1, 0.15) is 12.7 Å². The molecular weight excluding hydrogens is 568 g/mol. The van der Waals surface area contributed by atoms with Crippen LogP contribution in [0.5, 0.6) is 0 Å². The maximum atomic E-state index is 12.7. The molecule has 0 spiro atoms. The van der Waals surface area contributed by atoms with E-state index in [4.69, 9.17) is 10.6 Å². The van der Waals surface area contributed by atoms with Gasteiger partial charge in [-0.05, 0) is 50.4 Å². The molecular formula is C15H14Br2N6O5S2. The molecule has 3 heterocycles. The second-order valence-electron chi connectivity index (χ2n) is 5.79. The van der Waals surface area contributed by atoms with Crippen LogP contribution >= 0.6 is 55.2 Å². The normalized spacial score (nSPS) is 21.0. The fourth-order valence-corrected chi connectivity index (χ4v) is 5.03. The largest absolute Gasteiger partial charge is 0.477 e. The van der Waals surface area contributed by atoms with E-state index < -0.39 is 29.2 Å². The molecule has 1 aromatic rings. The SMILES string of the molecule is CCON=C(C(=O)NC1C(=O)N2C(C(=O)O)=C(C=C(Br)Br)CS[C@@H]12)c1nsc(N)n1. The molecule has 0 aromatic carbocycles. The molecule has 30 heavy (non-hydrogen) atoms. The Hall–Kier alpha value is -1.97. The van der Waals surface area contributed by atoms with Gasteiger partial charge in [0.1, 0.15) is 23.7 Å². The van der Waals surface area contributed by atoms with Crippen LogP contribution in [0.4, 0.5) is 5.13 Å². The van der Waals surface area contributed by atoms with Crippen molar-refractivity contribution in [3.8, 4) is 0 Å². The van der Waals surface area contributed by atoms with Crippen LogP contribution in [0, 0.1) is 0 Å². The van der Waals surface area contributed by atoms with Crippen molar-refractivity contribution in [1.82, 2.24) is 19.6 Å². The molecule has 1 fully saturated rings. The summed E-state index contributed by atoms with van der Waals surface area (Å²) in [4.78, 5) is 47.2. The van der Waals surface area contributed by atoms with E-state index in [0.29, 0.717) is 14.7 Å². The van der Waals surface area contributed by atoms with Crippen molar-refractivity contribution in [3.63, 3.8) is 0 Å². The van der Waals surface area contributed by atoms with Gasteiger partial charge in [0.25, 0.3) is 11.8 Å². The highest BCUT2D eigenvalue weighted by Gasteiger charge is 2.54. The first kappa shape index (κ1) is 22.7. The molecule has 0 bridgehead atoms. The number of fused-ring (bicyclic) bond motifs is 1. The highest BCUT2D eigenvalue weighted by Crippen LogP contribution is 2.41. The van der Waals surface area contributed by atoms with Crippen LogP contribution in [0.25, 0.3) is 0 Å². The van der Waals surface area contributed by atoms with Gasteiger partial charge in [-0.1, -0.05) is 5.16 Å². The Kier molecular flexibility index (Phi) is 7.15. The Morgan fingerprint density at radius 1 is 1.50 bits per heavy atom. The molecule has 1 unspecified atom stereocenters. The summed E-state index contributed by atoms with van der Waals surface area (Å²) in [5, 5.41) is 15.5. The first-order valence-electron chi connectivity index (χ1n) is 8.28. The van der Waals surface area contributed by atoms with Gasteiger partial charge in [0.15, 0.2) is 5.13 Å². The number of aromatic nitrogens is 2. The van der Waals surface area contributed by atoms with Crippen LogP contribution in [-0.4, -0.2) is 66.6 Å². The number of aliphatic carboxylic acids is 1. The predicted molar refractivity (Wildman–Crippen MR) is 118 cm³/mol. The average molecular weight is 582 g/mol. The number of thioether (sulfide) groups is 1. The second kappa shape index (κ2) is 9.45. The summed E-state index contributed by atoms with van der Waals surface area (Å²) in [6.45, 7) is 1.89. The molecule has 4 N–H and O–H groups in total. The number of nitrogens with two attached hydrogens (primary N) is 1. The zero-order valence-electron chi connectivity index (χ0n) is 15.2. The van der Waals surface area contributed by atoms with E-state index in [2.05, 4.69) is 51.7 Å². The first-order valence-corrected chi connectivity index (χ1v) is 11.7. The lowest BCUT2D eigenvalue weighted by Gasteiger charge is -2.49. The number of allylic oxidation sites excluding steroid dienone is 1. The van der Waals surface area contributed by atoms with Crippen LogP contribution in [0.15, 0.2) is 25.9 Å². The monoisotopic (exact) mass is 580 g/mol. The molecule has 11 nitrogen and oxygen atoms in total. The number of hydrogen-bond acceptors (Lipinski definition) is 10. The van der Waals surface area contributed by atoms with Gasteiger partial charge in [-0.15, -0.1) is 11.8 Å². The van der Waals surface area contributed by atoms with Gasteiger partial charge in [0.2, 0.25) is 11.5 Å². The van der Waals surface area contributed by atoms with Crippen molar-refractivity contribution >= 4 is 83.8 Å². The smallest absolute Gasteiger partial charge is 0.352 e. The third-order valence-corrected chi connectivity index (χ3v) is 6.23. The third kappa shape index (κ3) is 4.53. The number of β-lactam (4-membered cyclic amide) rings is 1. The van der Waals surface area contributed by atoms with E-state index in [-0.39, 0.29) is 29.0 Å². The van der Waals surface area contributed by atoms with Gasteiger partial charge in [-0.25, -0.2) is 4.79 Å². The summed E-state index contributed by atoms with van der Waals surface area (Å²) in [5.74, 6) is -2.19. The van der Waals surface area contributed by atoms with Crippen LogP contribution < -0.4 is 11.1 Å². The number of carbonyl (C=O) groups excluding carboxylic acids is 2. The van der Waals surface area contributed by atoms with Crippen molar-refractivity contribution in [2.45, 2.75) is 18.3 Å². The van der Waals surface area contributed by atoms with E-state index in [1.54, 1.807) is 13.0 Å². The van der Waals surface area contributed by atoms with Crippen molar-refractivity contribution in [2.75, 3.05) is 18.1 Å². The summed E-state index contributed by atoms with van der Waals surface area (Å²) in [6.07, 6.45) is 1.58. The molecule has 2 aliphatic rings. The van der Waals surface area contributed by atoms with E-state index in [1.165, 1.54) is 11.8 Å². The van der Waals surface area contributed by atoms with Gasteiger partial charge in [0.05, 0.1) is 3.39 Å². The molecule has 0 radical (unpaired) electrons. The summed E-state index contributed by atoms with van der Waals surface area (Å²) in [6, 6.07) is -0.933. The Labute approximate surface area is 195 Å². The lowest BCUT2D eigenvalue weighted by molar-refractivity contribution is -0.150. The number of carboxylic acids is 1. The standard InChI is InChI=1S/C15H14Br2N6O5S2/c1-2-28-21-7(10-20-15(18)30-22-10)11(24)19-8-12(25)23-9(14(26)27)5(3-6(16)17)4-29-13(8)23/h3,8,13H,2,4H2,1H3,(H,19,24)(H,26,27)(H2,18,20,22)/t8?,13-/m0/s1. The molecule has 15 heteroatoms. The number of rotatable bonds is 7. The molecule has 2 atom stereocenters. The minimum atomic E-state index is -1.23. The number of carboxylic acid groups (broad SMARTS) is 1. The summed E-state index contributed by atoms with van der Waals surface area (Å²) < 4.78 is 4.50. The average Bonchev–Trinajstić information content (AvgIpc) is 3.11. The molecule has 1 saturated heterocycles. The Bertz CT molecular complexity index is 990. The number of carbonyl (C=O) groups is 3. The number of amides is 2. The van der Waals surface area contributed by atoms with Crippen LogP contribution in [-0.2, 0) is 19.2 Å². The molecule has 3 rings (SSSR count). The van der Waals surface area contributed by atoms with Crippen molar-refractivity contribution in [2.24, 2.45) is 5.16 Å². The van der Waals surface area contributed by atoms with Gasteiger partial charge >= 0.3 is 5.97 Å². The van der Waals surface area contributed by atoms with Gasteiger partial charge in [-0.2, -0.15) is 9.36 Å². The quantitative estimate of drug-likeness (QED) is 0.244. The lowest BCUT2D eigenvalue weighted by atomic mass is 10.0. The molecule has 1 aromatic heterocycles.